The summed E-state index contributed by atoms with van der Waals surface area (Å²) in [6.45, 7) is 1.34. The topological polar surface area (TPSA) is 41.5 Å². The van der Waals surface area contributed by atoms with Gasteiger partial charge in [0.15, 0.2) is 11.0 Å². The van der Waals surface area contributed by atoms with Crippen LogP contribution in [0, 0.1) is 0 Å². The van der Waals surface area contributed by atoms with Crippen molar-refractivity contribution in [2.24, 2.45) is 5.10 Å². The van der Waals surface area contributed by atoms with Crippen LogP contribution < -0.4 is 5.43 Å². The van der Waals surface area contributed by atoms with Gasteiger partial charge in [-0.05, 0) is 18.2 Å². The van der Waals surface area contributed by atoms with Crippen LogP contribution >= 0.6 is 23.2 Å². The summed E-state index contributed by atoms with van der Waals surface area (Å²) >= 11 is 11.2. The average Bonchev–Trinajstić information content (AvgIpc) is 2.14. The van der Waals surface area contributed by atoms with Crippen molar-refractivity contribution in [2.45, 2.75) is 6.92 Å². The molecule has 0 aliphatic carbocycles. The standard InChI is InChI=1S/C9H8Cl2N2O/c1-6(14)9(11)13-12-8-4-2-3-7(10)5-8/h2-5,12H,1H3/b13-9-. The van der Waals surface area contributed by atoms with E-state index < -0.39 is 0 Å². The van der Waals surface area contributed by atoms with E-state index in [1.165, 1.54) is 6.92 Å². The molecule has 0 aliphatic rings. The van der Waals surface area contributed by atoms with Gasteiger partial charge < -0.3 is 0 Å². The molecule has 5 heteroatoms. The molecule has 0 saturated heterocycles. The Morgan fingerprint density at radius 1 is 1.50 bits per heavy atom. The van der Waals surface area contributed by atoms with Crippen molar-refractivity contribution in [3.8, 4) is 0 Å². The molecule has 14 heavy (non-hydrogen) atoms. The van der Waals surface area contributed by atoms with E-state index in [-0.39, 0.29) is 11.0 Å². The van der Waals surface area contributed by atoms with Crippen molar-refractivity contribution in [1.82, 2.24) is 0 Å². The van der Waals surface area contributed by atoms with Gasteiger partial charge in [0.1, 0.15) is 0 Å². The predicted molar refractivity (Wildman–Crippen MR) is 59.0 cm³/mol. The third kappa shape index (κ3) is 3.36. The fourth-order valence-electron chi connectivity index (χ4n) is 0.750. The minimum Gasteiger partial charge on any atom is -0.292 e. The number of nitrogens with zero attached hydrogens (tertiary/aromatic N) is 1. The second kappa shape index (κ2) is 4.98. The van der Waals surface area contributed by atoms with Gasteiger partial charge in [-0.1, -0.05) is 29.3 Å². The van der Waals surface area contributed by atoms with Crippen molar-refractivity contribution < 1.29 is 4.79 Å². The number of anilines is 1. The highest BCUT2D eigenvalue weighted by Crippen LogP contribution is 2.14. The molecular weight excluding hydrogens is 223 g/mol. The molecule has 0 heterocycles. The fourth-order valence-corrected chi connectivity index (χ4v) is 0.983. The third-order valence-corrected chi connectivity index (χ3v) is 1.98. The number of halogens is 2. The SMILES string of the molecule is CC(=O)/C(Cl)=N/Nc1cccc(Cl)c1. The summed E-state index contributed by atoms with van der Waals surface area (Å²) in [4.78, 5) is 10.7. The van der Waals surface area contributed by atoms with Gasteiger partial charge in [0.2, 0.25) is 0 Å². The van der Waals surface area contributed by atoms with E-state index in [2.05, 4.69) is 10.5 Å². The lowest BCUT2D eigenvalue weighted by Gasteiger charge is -2.00. The largest absolute Gasteiger partial charge is 0.292 e. The van der Waals surface area contributed by atoms with Gasteiger partial charge in [0, 0.05) is 11.9 Å². The molecule has 0 saturated carbocycles. The molecule has 0 radical (unpaired) electrons. The van der Waals surface area contributed by atoms with Crippen LogP contribution in [0.4, 0.5) is 5.69 Å². The lowest BCUT2D eigenvalue weighted by molar-refractivity contribution is -0.110. The number of benzene rings is 1. The Balaban J connectivity index is 2.71. The number of carbonyl (C=O) groups excluding carboxylic acids is 1. The molecule has 0 spiro atoms. The van der Waals surface area contributed by atoms with E-state index in [9.17, 15) is 4.79 Å². The smallest absolute Gasteiger partial charge is 0.191 e. The van der Waals surface area contributed by atoms with Crippen molar-refractivity contribution in [3.63, 3.8) is 0 Å². The number of hydrazone groups is 1. The number of Topliss-reactive ketones (excluding diaryl/α,β-unsaturated/α-hetero) is 1. The van der Waals surface area contributed by atoms with E-state index in [0.29, 0.717) is 10.7 Å². The van der Waals surface area contributed by atoms with Crippen LogP contribution in [-0.4, -0.2) is 11.0 Å². The number of hydrogen-bond acceptors (Lipinski definition) is 3. The molecule has 1 rings (SSSR count). The highest BCUT2D eigenvalue weighted by atomic mass is 35.5. The van der Waals surface area contributed by atoms with E-state index >= 15 is 0 Å². The molecule has 74 valence electrons. The van der Waals surface area contributed by atoms with E-state index in [0.717, 1.165) is 0 Å². The van der Waals surface area contributed by atoms with E-state index in [1.54, 1.807) is 24.3 Å². The molecular formula is C9H8Cl2N2O. The van der Waals surface area contributed by atoms with Gasteiger partial charge in [-0.2, -0.15) is 5.10 Å². The quantitative estimate of drug-likeness (QED) is 0.641. The average molecular weight is 231 g/mol. The molecule has 0 bridgehead atoms. The lowest BCUT2D eigenvalue weighted by Crippen LogP contribution is -2.04. The number of rotatable bonds is 3. The lowest BCUT2D eigenvalue weighted by atomic mass is 10.3. The second-order valence-corrected chi connectivity index (χ2v) is 3.38. The summed E-state index contributed by atoms with van der Waals surface area (Å²) in [5, 5.41) is 4.15. The Morgan fingerprint density at radius 3 is 2.79 bits per heavy atom. The van der Waals surface area contributed by atoms with E-state index in [1.807, 2.05) is 0 Å². The molecule has 0 aliphatic heterocycles. The van der Waals surface area contributed by atoms with Crippen LogP contribution in [0.2, 0.25) is 5.02 Å². The molecule has 0 amide bonds. The normalized spacial score (nSPS) is 11.2. The van der Waals surface area contributed by atoms with E-state index in [4.69, 9.17) is 23.2 Å². The number of ketones is 1. The van der Waals surface area contributed by atoms with Gasteiger partial charge >= 0.3 is 0 Å². The van der Waals surface area contributed by atoms with Crippen LogP contribution in [0.25, 0.3) is 0 Å². The van der Waals surface area contributed by atoms with Gasteiger partial charge in [0.25, 0.3) is 0 Å². The maximum Gasteiger partial charge on any atom is 0.191 e. The van der Waals surface area contributed by atoms with Crippen LogP contribution in [0.5, 0.6) is 0 Å². The Morgan fingerprint density at radius 2 is 2.21 bits per heavy atom. The summed E-state index contributed by atoms with van der Waals surface area (Å²) in [6, 6.07) is 6.94. The Bertz CT molecular complexity index is 377. The first-order chi connectivity index (χ1) is 6.59. The van der Waals surface area contributed by atoms with Crippen LogP contribution in [0.1, 0.15) is 6.92 Å². The molecule has 1 aromatic carbocycles. The highest BCUT2D eigenvalue weighted by Gasteiger charge is 2.00. The minimum atomic E-state index is -0.291. The minimum absolute atomic E-state index is 0.0926. The monoisotopic (exact) mass is 230 g/mol. The maximum absolute atomic E-state index is 10.7. The maximum atomic E-state index is 10.7. The van der Waals surface area contributed by atoms with Gasteiger partial charge in [-0.15, -0.1) is 0 Å². The predicted octanol–water partition coefficient (Wildman–Crippen LogP) is 2.89. The first kappa shape index (κ1) is 11.0. The summed E-state index contributed by atoms with van der Waals surface area (Å²) < 4.78 is 0. The molecule has 0 fully saturated rings. The van der Waals surface area contributed by atoms with Crippen molar-refractivity contribution >= 4 is 39.8 Å². The number of carbonyl (C=O) groups is 1. The highest BCUT2D eigenvalue weighted by molar-refractivity contribution is 6.82. The third-order valence-electron chi connectivity index (χ3n) is 1.40. The molecule has 0 atom stereocenters. The van der Waals surface area contributed by atoms with Crippen LogP contribution in [-0.2, 0) is 4.79 Å². The fraction of sp³-hybridized carbons (Fsp3) is 0.111. The Labute approximate surface area is 91.7 Å². The summed E-state index contributed by atoms with van der Waals surface area (Å²) in [5.41, 5.74) is 3.30. The summed E-state index contributed by atoms with van der Waals surface area (Å²) in [6.07, 6.45) is 0. The molecule has 1 N–H and O–H groups in total. The Hall–Kier alpha value is -1.06. The van der Waals surface area contributed by atoms with Crippen LogP contribution in [0.15, 0.2) is 29.4 Å². The first-order valence-electron chi connectivity index (χ1n) is 3.85. The van der Waals surface area contributed by atoms with Crippen molar-refractivity contribution in [3.05, 3.63) is 29.3 Å². The van der Waals surface area contributed by atoms with Crippen molar-refractivity contribution in [1.29, 1.82) is 0 Å². The summed E-state index contributed by atoms with van der Waals surface area (Å²) in [5.74, 6) is -0.291. The molecule has 1 aromatic rings. The molecule has 0 aromatic heterocycles. The summed E-state index contributed by atoms with van der Waals surface area (Å²) in [7, 11) is 0. The van der Waals surface area contributed by atoms with Gasteiger partial charge in [0.05, 0.1) is 5.69 Å². The number of hydrogen-bond donors (Lipinski definition) is 1. The van der Waals surface area contributed by atoms with Crippen LogP contribution in [0.3, 0.4) is 0 Å². The van der Waals surface area contributed by atoms with Crippen molar-refractivity contribution in [2.75, 3.05) is 5.43 Å². The zero-order chi connectivity index (χ0) is 10.6. The first-order valence-corrected chi connectivity index (χ1v) is 4.61. The number of nitrogens with one attached hydrogen (secondary N) is 1. The van der Waals surface area contributed by atoms with Gasteiger partial charge in [-0.25, -0.2) is 0 Å². The zero-order valence-corrected chi connectivity index (χ0v) is 8.93. The van der Waals surface area contributed by atoms with Gasteiger partial charge in [-0.3, -0.25) is 10.2 Å². The zero-order valence-electron chi connectivity index (χ0n) is 7.42. The molecule has 0 unspecified atom stereocenters. The second-order valence-electron chi connectivity index (χ2n) is 2.58. The molecule has 3 nitrogen and oxygen atoms in total. The Kier molecular flexibility index (Phi) is 3.92.